The molecule has 0 bridgehead atoms. The van der Waals surface area contributed by atoms with Crippen molar-refractivity contribution in [2.45, 2.75) is 0 Å². The SMILES string of the molecule is c1cc(-c2cccc(-n3c4ccccc4c4ccccc43)c2)cc(-c2ncnc3c2sc2ccccc23)c1.c1ccc(-c2ccc(-c3cccc4c3sc3c(-c5cccc(-c6cccc(-c7ccc8oc9ccccc9c8c7)c6)c5)ncnc34)cc2)cc1.c1ccc(-c2cccc(-c3nc(-c4cccc(-c5cccc(-c6cccc7c6oc6ccccc67)c5)c4)c4sc5ccccc5c4n3)c2)cc1. The van der Waals surface area contributed by atoms with Crippen molar-refractivity contribution in [3.8, 4) is 140 Å². The zero-order valence-corrected chi connectivity index (χ0v) is 76.6. The first kappa shape index (κ1) is 81.3. The van der Waals surface area contributed by atoms with Gasteiger partial charge >= 0.3 is 0 Å². The van der Waals surface area contributed by atoms with Gasteiger partial charge in [-0.25, -0.2) is 29.9 Å². The third-order valence-corrected chi connectivity index (χ3v) is 30.0. The Morgan fingerprint density at radius 1 is 0.196 bits per heavy atom. The lowest BCUT2D eigenvalue weighted by molar-refractivity contribution is 0.669. The Morgan fingerprint density at radius 3 is 1.17 bits per heavy atom. The van der Waals surface area contributed by atoms with Crippen molar-refractivity contribution in [3.05, 3.63) is 468 Å². The maximum atomic E-state index is 6.39. The fourth-order valence-electron chi connectivity index (χ4n) is 19.8. The number of para-hydroxylation sites is 5. The molecule has 0 aliphatic heterocycles. The summed E-state index contributed by atoms with van der Waals surface area (Å²) in [5.41, 5.74) is 35.9. The van der Waals surface area contributed by atoms with Crippen molar-refractivity contribution in [2.24, 2.45) is 0 Å². The molecule has 0 atom stereocenters. The molecule has 0 N–H and O–H groups in total. The minimum Gasteiger partial charge on any atom is -0.456 e. The fourth-order valence-corrected chi connectivity index (χ4v) is 23.4. The molecule has 0 aliphatic rings. The van der Waals surface area contributed by atoms with Crippen LogP contribution < -0.4 is 0 Å². The van der Waals surface area contributed by atoms with Gasteiger partial charge in [0.2, 0.25) is 0 Å². The molecule has 9 heterocycles. The predicted octanol–water partition coefficient (Wildman–Crippen LogP) is 35.4. The lowest BCUT2D eigenvalue weighted by Gasteiger charge is -2.11. The van der Waals surface area contributed by atoms with E-state index in [0.29, 0.717) is 0 Å². The zero-order chi connectivity index (χ0) is 91.1. The van der Waals surface area contributed by atoms with Crippen LogP contribution in [-0.4, -0.2) is 34.5 Å². The average Bonchev–Trinajstić information content (AvgIpc) is 1.62. The maximum Gasteiger partial charge on any atom is 0.160 e. The average molecular weight is 1820 g/mol. The molecule has 138 heavy (non-hydrogen) atoms. The van der Waals surface area contributed by atoms with E-state index in [0.717, 1.165) is 186 Å². The van der Waals surface area contributed by atoms with Crippen molar-refractivity contribution < 1.29 is 8.83 Å². The number of nitrogens with zero attached hydrogens (tertiary/aromatic N) is 7. The van der Waals surface area contributed by atoms with Gasteiger partial charge in [-0.3, -0.25) is 0 Å². The van der Waals surface area contributed by atoms with Crippen molar-refractivity contribution in [3.63, 3.8) is 0 Å². The zero-order valence-electron chi connectivity index (χ0n) is 74.1. The van der Waals surface area contributed by atoms with E-state index in [9.17, 15) is 0 Å². The second kappa shape index (κ2) is 34.5. The van der Waals surface area contributed by atoms with Crippen LogP contribution in [0.15, 0.2) is 476 Å². The molecule has 19 aromatic carbocycles. The van der Waals surface area contributed by atoms with Crippen LogP contribution in [0.1, 0.15) is 0 Å². The van der Waals surface area contributed by atoms with Gasteiger partial charge in [0.25, 0.3) is 0 Å². The second-order valence-electron chi connectivity index (χ2n) is 34.7. The lowest BCUT2D eigenvalue weighted by Crippen LogP contribution is -1.94. The number of hydrogen-bond acceptors (Lipinski definition) is 11. The Bertz CT molecular complexity index is 9590. The third-order valence-electron chi connectivity index (χ3n) is 26.4. The van der Waals surface area contributed by atoms with E-state index in [-0.39, 0.29) is 0 Å². The third kappa shape index (κ3) is 14.7. The van der Waals surface area contributed by atoms with Crippen LogP contribution in [0.2, 0.25) is 0 Å². The first-order chi connectivity index (χ1) is 68.4. The molecular weight excluding hydrogens is 1740 g/mol. The highest BCUT2D eigenvalue weighted by Gasteiger charge is 2.24. The minimum absolute atomic E-state index is 0.722. The van der Waals surface area contributed by atoms with E-state index < -0.39 is 0 Å². The molecule has 0 spiro atoms. The van der Waals surface area contributed by atoms with Crippen LogP contribution in [-0.2, 0) is 0 Å². The minimum atomic E-state index is 0.722. The molecule has 0 radical (unpaired) electrons. The van der Waals surface area contributed by atoms with Gasteiger partial charge < -0.3 is 13.4 Å². The monoisotopic (exact) mass is 1820 g/mol. The summed E-state index contributed by atoms with van der Waals surface area (Å²) in [6.07, 6.45) is 3.39. The Balaban J connectivity index is 0.000000108. The fraction of sp³-hybridized carbons (Fsp3) is 0. The van der Waals surface area contributed by atoms with Crippen molar-refractivity contribution in [1.82, 2.24) is 34.5 Å². The van der Waals surface area contributed by atoms with Gasteiger partial charge in [0.1, 0.15) is 35.0 Å². The Hall–Kier alpha value is -17.5. The van der Waals surface area contributed by atoms with Gasteiger partial charge in [-0.2, -0.15) is 0 Å². The van der Waals surface area contributed by atoms with Gasteiger partial charge in [-0.15, -0.1) is 34.0 Å². The number of rotatable bonds is 13. The Morgan fingerprint density at radius 2 is 0.565 bits per heavy atom. The van der Waals surface area contributed by atoms with Crippen molar-refractivity contribution in [2.75, 3.05) is 0 Å². The molecule has 0 aliphatic carbocycles. The quantitative estimate of drug-likeness (QED) is 0.112. The molecule has 9 aromatic heterocycles. The highest BCUT2D eigenvalue weighted by Crippen LogP contribution is 2.48. The van der Waals surface area contributed by atoms with E-state index >= 15 is 0 Å². The number of thiophene rings is 3. The van der Waals surface area contributed by atoms with E-state index in [4.69, 9.17) is 33.8 Å². The molecule has 0 saturated carbocycles. The maximum absolute atomic E-state index is 6.39. The van der Waals surface area contributed by atoms with Crippen LogP contribution in [0.25, 0.3) is 266 Å². The van der Waals surface area contributed by atoms with E-state index in [1.54, 1.807) is 46.7 Å². The molecule has 0 unspecified atom stereocenters. The molecule has 12 heteroatoms. The van der Waals surface area contributed by atoms with E-state index in [2.05, 4.69) is 434 Å². The van der Waals surface area contributed by atoms with Gasteiger partial charge in [-0.05, 0) is 181 Å². The number of benzene rings is 19. The molecule has 0 fully saturated rings. The first-order valence-electron chi connectivity index (χ1n) is 46.1. The normalized spacial score (nSPS) is 11.6. The highest BCUT2D eigenvalue weighted by atomic mass is 32.1. The molecule has 28 rings (SSSR count). The van der Waals surface area contributed by atoms with Crippen LogP contribution in [0.4, 0.5) is 0 Å². The standard InChI is InChI=1S/2C46H28N2OS.C34H21N3S/c1-2-12-29(13-3-1)30-14-10-19-35(28-30)46-47-42(45-43(48-46)39-21-5-7-25-41(39)50-45)34-18-9-16-32(27-34)31-15-8-17-33(26-31)36-22-11-23-38-37-20-4-6-24-40(37)49-44(36)38;1-2-9-29(10-3-1)30-19-21-31(22-20-30)37-16-8-17-39-44-46(50-45(37)39)43(47-28-48-44)36-14-7-13-34(26-36)32-11-6-12-33(25-32)35-23-24-42-40(27-35)38-15-4-5-18-41(38)49-42;1-4-16-29-26(13-1)27-14-2-5-17-30(27)37(29)25-12-8-10-23(20-25)22-9-7-11-24(19-22)32-34-33(36-21-35-32)28-15-3-6-18-31(28)38-34/h2*1-28H;1-21H. The summed E-state index contributed by atoms with van der Waals surface area (Å²) < 4.78 is 21.8. The predicted molar refractivity (Wildman–Crippen MR) is 579 cm³/mol. The summed E-state index contributed by atoms with van der Waals surface area (Å²) in [6, 6.07) is 161. The molecule has 646 valence electrons. The Labute approximate surface area is 805 Å². The molecule has 0 amide bonds. The van der Waals surface area contributed by atoms with Gasteiger partial charge in [-0.1, -0.05) is 358 Å². The van der Waals surface area contributed by atoms with Gasteiger partial charge in [0.15, 0.2) is 5.82 Å². The number of hydrogen-bond donors (Lipinski definition) is 0. The van der Waals surface area contributed by atoms with Crippen LogP contribution in [0.5, 0.6) is 0 Å². The van der Waals surface area contributed by atoms with Gasteiger partial charge in [0, 0.05) is 96.1 Å². The van der Waals surface area contributed by atoms with E-state index in [1.165, 1.54) is 80.2 Å². The van der Waals surface area contributed by atoms with Crippen LogP contribution in [0.3, 0.4) is 0 Å². The van der Waals surface area contributed by atoms with Crippen LogP contribution >= 0.6 is 34.0 Å². The summed E-state index contributed by atoms with van der Waals surface area (Å²) in [6.45, 7) is 0. The van der Waals surface area contributed by atoms with E-state index in [1.807, 2.05) is 30.3 Å². The number of furan rings is 2. The number of aromatic nitrogens is 7. The summed E-state index contributed by atoms with van der Waals surface area (Å²) in [5, 5.41) is 10.6. The first-order valence-corrected chi connectivity index (χ1v) is 48.6. The van der Waals surface area contributed by atoms with Gasteiger partial charge in [0.05, 0.1) is 58.8 Å². The van der Waals surface area contributed by atoms with Crippen molar-refractivity contribution in [1.29, 1.82) is 0 Å². The Kier molecular flexibility index (Phi) is 20.3. The summed E-state index contributed by atoms with van der Waals surface area (Å²) >= 11 is 5.29. The highest BCUT2D eigenvalue weighted by molar-refractivity contribution is 7.27. The molecule has 28 aromatic rings. The lowest BCUT2D eigenvalue weighted by atomic mass is 9.96. The molecule has 0 saturated heterocycles. The summed E-state index contributed by atoms with van der Waals surface area (Å²) in [7, 11) is 0. The molecular formula is C126H77N7O2S3. The summed E-state index contributed by atoms with van der Waals surface area (Å²) in [5.74, 6) is 0.722. The smallest absolute Gasteiger partial charge is 0.160 e. The number of fused-ring (bicyclic) bond motifs is 18. The molecule has 9 nitrogen and oxygen atoms in total. The largest absolute Gasteiger partial charge is 0.456 e. The second-order valence-corrected chi connectivity index (χ2v) is 37.8. The van der Waals surface area contributed by atoms with Crippen molar-refractivity contribution >= 4 is 161 Å². The van der Waals surface area contributed by atoms with Crippen LogP contribution in [0, 0.1) is 0 Å². The summed E-state index contributed by atoms with van der Waals surface area (Å²) in [4.78, 5) is 29.5. The topological polar surface area (TPSA) is 109 Å².